The van der Waals surface area contributed by atoms with Crippen LogP contribution in [-0.4, -0.2) is 46.4 Å². The molecule has 2 N–H and O–H groups in total. The van der Waals surface area contributed by atoms with Gasteiger partial charge in [0.15, 0.2) is 4.96 Å². The van der Waals surface area contributed by atoms with E-state index in [1.54, 1.807) is 20.8 Å². The molecular formula is C27H24N4O7S. The van der Waals surface area contributed by atoms with Crippen molar-refractivity contribution in [1.82, 2.24) is 9.38 Å². The molecule has 0 aliphatic heterocycles. The number of esters is 2. The first-order valence-corrected chi connectivity index (χ1v) is 12.7. The molecule has 0 spiro atoms. The minimum absolute atomic E-state index is 0.0414. The summed E-state index contributed by atoms with van der Waals surface area (Å²) in [7, 11) is 0. The normalized spacial score (nSPS) is 10.6. The molecule has 2 amide bonds. The molecule has 12 heteroatoms. The molecule has 0 atom stereocenters. The van der Waals surface area contributed by atoms with Gasteiger partial charge in [-0.3, -0.25) is 14.4 Å². The van der Waals surface area contributed by atoms with Gasteiger partial charge in [0.2, 0.25) is 0 Å². The highest BCUT2D eigenvalue weighted by atomic mass is 32.1. The van der Waals surface area contributed by atoms with Gasteiger partial charge in [-0.25, -0.2) is 19.0 Å². The summed E-state index contributed by atoms with van der Waals surface area (Å²) < 4.78 is 11.0. The number of amides is 2. The van der Waals surface area contributed by atoms with Crippen LogP contribution in [0.4, 0.5) is 11.4 Å². The smallest absolute Gasteiger partial charge is 0.338 e. The molecule has 2 aromatic carbocycles. The number of carbonyl (C=O) groups is 4. The summed E-state index contributed by atoms with van der Waals surface area (Å²) in [6.45, 7) is 5.49. The highest BCUT2D eigenvalue weighted by Crippen LogP contribution is 2.24. The second-order valence-corrected chi connectivity index (χ2v) is 9.11. The van der Waals surface area contributed by atoms with Gasteiger partial charge in [-0.1, -0.05) is 11.3 Å². The highest BCUT2D eigenvalue weighted by molar-refractivity contribution is 7.19. The minimum Gasteiger partial charge on any atom is -0.462 e. The third-order valence-corrected chi connectivity index (χ3v) is 6.42. The van der Waals surface area contributed by atoms with Crippen molar-refractivity contribution >= 4 is 51.4 Å². The van der Waals surface area contributed by atoms with Crippen LogP contribution in [0.1, 0.15) is 60.4 Å². The first-order valence-electron chi connectivity index (χ1n) is 11.9. The molecule has 39 heavy (non-hydrogen) atoms. The van der Waals surface area contributed by atoms with Crippen LogP contribution < -0.4 is 16.2 Å². The van der Waals surface area contributed by atoms with Gasteiger partial charge in [0.1, 0.15) is 10.6 Å². The fraction of sp³-hybridized carbons (Fsp3) is 0.185. The first kappa shape index (κ1) is 27.2. The summed E-state index contributed by atoms with van der Waals surface area (Å²) in [5.74, 6) is -2.36. The SMILES string of the molecule is CCOC(=O)c1ccc(NC(=O)c2sc3nc(C)cc(=O)n3c2C(=O)Nc2ccc(C(=O)OCC)cc2)cc1. The summed E-state index contributed by atoms with van der Waals surface area (Å²) in [5, 5.41) is 5.35. The van der Waals surface area contributed by atoms with Crippen LogP contribution >= 0.6 is 11.3 Å². The molecule has 2 heterocycles. The number of fused-ring (bicyclic) bond motifs is 1. The van der Waals surface area contributed by atoms with Gasteiger partial charge >= 0.3 is 11.9 Å². The third-order valence-electron chi connectivity index (χ3n) is 5.38. The molecule has 0 radical (unpaired) electrons. The Bertz CT molecular complexity index is 1620. The van der Waals surface area contributed by atoms with E-state index in [4.69, 9.17) is 9.47 Å². The number of ether oxygens (including phenoxy) is 2. The van der Waals surface area contributed by atoms with E-state index in [0.29, 0.717) is 28.2 Å². The molecule has 2 aromatic heterocycles. The molecule has 0 aliphatic rings. The number of aryl methyl sites for hydroxylation is 1. The van der Waals surface area contributed by atoms with Gasteiger partial charge in [-0.05, 0) is 69.3 Å². The predicted molar refractivity (Wildman–Crippen MR) is 145 cm³/mol. The lowest BCUT2D eigenvalue weighted by atomic mass is 10.2. The van der Waals surface area contributed by atoms with Crippen LogP contribution in [0.2, 0.25) is 0 Å². The number of hydrogen-bond acceptors (Lipinski definition) is 9. The average molecular weight is 549 g/mol. The number of benzene rings is 2. The summed E-state index contributed by atoms with van der Waals surface area (Å²) in [6, 6.07) is 13.3. The highest BCUT2D eigenvalue weighted by Gasteiger charge is 2.26. The quantitative estimate of drug-likeness (QED) is 0.315. The van der Waals surface area contributed by atoms with Crippen molar-refractivity contribution < 1.29 is 28.7 Å². The maximum Gasteiger partial charge on any atom is 0.338 e. The Labute approximate surface area is 226 Å². The Hall–Kier alpha value is -4.84. The van der Waals surface area contributed by atoms with Crippen molar-refractivity contribution in [2.24, 2.45) is 0 Å². The Kier molecular flexibility index (Phi) is 8.15. The molecule has 0 saturated carbocycles. The van der Waals surface area contributed by atoms with Crippen LogP contribution in [-0.2, 0) is 9.47 Å². The Morgan fingerprint density at radius 3 is 1.79 bits per heavy atom. The van der Waals surface area contributed by atoms with E-state index in [2.05, 4.69) is 15.6 Å². The number of aromatic nitrogens is 2. The molecule has 200 valence electrons. The second-order valence-electron chi connectivity index (χ2n) is 8.14. The minimum atomic E-state index is -0.722. The van der Waals surface area contributed by atoms with Crippen LogP contribution in [0.3, 0.4) is 0 Å². The van der Waals surface area contributed by atoms with E-state index in [-0.39, 0.29) is 28.7 Å². The van der Waals surface area contributed by atoms with E-state index in [0.717, 1.165) is 15.7 Å². The Balaban J connectivity index is 1.65. The second kappa shape index (κ2) is 11.7. The van der Waals surface area contributed by atoms with Crippen molar-refractivity contribution in [3.05, 3.63) is 92.3 Å². The predicted octanol–water partition coefficient (Wildman–Crippen LogP) is 3.92. The lowest BCUT2D eigenvalue weighted by molar-refractivity contribution is 0.0517. The van der Waals surface area contributed by atoms with E-state index in [1.807, 2.05) is 0 Å². The van der Waals surface area contributed by atoms with E-state index in [9.17, 15) is 24.0 Å². The van der Waals surface area contributed by atoms with Crippen molar-refractivity contribution in [3.8, 4) is 0 Å². The zero-order valence-corrected chi connectivity index (χ0v) is 22.1. The maximum absolute atomic E-state index is 13.4. The van der Waals surface area contributed by atoms with Crippen LogP contribution in [0.15, 0.2) is 59.4 Å². The zero-order chi connectivity index (χ0) is 28.1. The number of hydrogen-bond donors (Lipinski definition) is 2. The van der Waals surface area contributed by atoms with Crippen molar-refractivity contribution in [2.75, 3.05) is 23.8 Å². The first-order chi connectivity index (χ1) is 18.7. The number of nitrogens with zero attached hydrogens (tertiary/aromatic N) is 2. The van der Waals surface area contributed by atoms with E-state index < -0.39 is 29.3 Å². The van der Waals surface area contributed by atoms with Gasteiger partial charge < -0.3 is 20.1 Å². The molecule has 11 nitrogen and oxygen atoms in total. The molecule has 4 aromatic rings. The van der Waals surface area contributed by atoms with Gasteiger partial charge in [0, 0.05) is 23.1 Å². The van der Waals surface area contributed by atoms with Gasteiger partial charge in [0.25, 0.3) is 17.4 Å². The topological polar surface area (TPSA) is 145 Å². The van der Waals surface area contributed by atoms with Crippen molar-refractivity contribution in [1.29, 1.82) is 0 Å². The molecule has 0 saturated heterocycles. The number of rotatable bonds is 8. The molecule has 4 rings (SSSR count). The van der Waals surface area contributed by atoms with Gasteiger partial charge in [-0.15, -0.1) is 0 Å². The summed E-state index contributed by atoms with van der Waals surface area (Å²) in [5.41, 5.74) is 1.04. The monoisotopic (exact) mass is 548 g/mol. The number of nitrogens with one attached hydrogen (secondary N) is 2. The Morgan fingerprint density at radius 2 is 1.31 bits per heavy atom. The maximum atomic E-state index is 13.4. The third kappa shape index (κ3) is 6.02. The van der Waals surface area contributed by atoms with Crippen molar-refractivity contribution in [3.63, 3.8) is 0 Å². The number of carbonyl (C=O) groups excluding carboxylic acids is 4. The lowest BCUT2D eigenvalue weighted by Gasteiger charge is -2.09. The average Bonchev–Trinajstić information content (AvgIpc) is 3.30. The van der Waals surface area contributed by atoms with E-state index in [1.165, 1.54) is 54.6 Å². The standard InChI is InChI=1S/C27H24N4O7S/c1-4-37-25(35)16-6-10-18(11-7-16)29-23(33)21-22(39-27-28-15(3)14-20(32)31(21)27)24(34)30-19-12-8-17(9-13-19)26(36)38-5-2/h6-14H,4-5H2,1-3H3,(H,29,33)(H,30,34). The molecule has 0 unspecified atom stereocenters. The zero-order valence-electron chi connectivity index (χ0n) is 21.3. The molecule has 0 bridgehead atoms. The largest absolute Gasteiger partial charge is 0.462 e. The fourth-order valence-corrected chi connectivity index (χ4v) is 4.70. The summed E-state index contributed by atoms with van der Waals surface area (Å²) >= 11 is 0.889. The summed E-state index contributed by atoms with van der Waals surface area (Å²) in [4.78, 5) is 67.8. The molecule has 0 fully saturated rings. The molecule has 0 aliphatic carbocycles. The fourth-order valence-electron chi connectivity index (χ4n) is 3.63. The lowest BCUT2D eigenvalue weighted by Crippen LogP contribution is -2.25. The number of anilines is 2. The van der Waals surface area contributed by atoms with Gasteiger partial charge in [0.05, 0.1) is 24.3 Å². The van der Waals surface area contributed by atoms with Crippen molar-refractivity contribution in [2.45, 2.75) is 20.8 Å². The van der Waals surface area contributed by atoms with Crippen LogP contribution in [0.25, 0.3) is 4.96 Å². The van der Waals surface area contributed by atoms with Crippen LogP contribution in [0.5, 0.6) is 0 Å². The van der Waals surface area contributed by atoms with Crippen LogP contribution in [0, 0.1) is 6.92 Å². The van der Waals surface area contributed by atoms with E-state index >= 15 is 0 Å². The molecular weight excluding hydrogens is 524 g/mol. The Morgan fingerprint density at radius 1 is 0.821 bits per heavy atom. The van der Waals surface area contributed by atoms with Gasteiger partial charge in [-0.2, -0.15) is 0 Å². The summed E-state index contributed by atoms with van der Waals surface area (Å²) in [6.07, 6.45) is 0. The number of thiazole rings is 1.